The molecule has 0 aliphatic carbocycles. The minimum absolute atomic E-state index is 0.201. The van der Waals surface area contributed by atoms with Crippen LogP contribution in [0.25, 0.3) is 0 Å². The van der Waals surface area contributed by atoms with Gasteiger partial charge in [0.2, 0.25) is 0 Å². The van der Waals surface area contributed by atoms with E-state index >= 15 is 0 Å². The first-order valence-electron chi connectivity index (χ1n) is 5.57. The summed E-state index contributed by atoms with van der Waals surface area (Å²) in [6.07, 6.45) is 0. The highest BCUT2D eigenvalue weighted by atomic mass is 19.1. The molecule has 0 atom stereocenters. The third-order valence-electron chi connectivity index (χ3n) is 2.67. The highest BCUT2D eigenvalue weighted by molar-refractivity contribution is 5.48. The maximum Gasteiger partial charge on any atom is 0.166 e. The number of aromatic hydroxyl groups is 2. The normalized spacial score (nSPS) is 10.3. The molecule has 0 spiro atoms. The van der Waals surface area contributed by atoms with E-state index in [1.807, 2.05) is 19.1 Å². The summed E-state index contributed by atoms with van der Waals surface area (Å²) < 4.78 is 13.1. The minimum atomic E-state index is -0.673. The van der Waals surface area contributed by atoms with E-state index in [4.69, 9.17) is 5.11 Å². The first-order chi connectivity index (χ1) is 8.56. The summed E-state index contributed by atoms with van der Waals surface area (Å²) in [5.41, 5.74) is 2.33. The van der Waals surface area contributed by atoms with Gasteiger partial charge in [-0.1, -0.05) is 17.7 Å². The monoisotopic (exact) mass is 247 g/mol. The Balaban J connectivity index is 2.11. The van der Waals surface area contributed by atoms with Crippen molar-refractivity contribution in [3.63, 3.8) is 0 Å². The van der Waals surface area contributed by atoms with Crippen molar-refractivity contribution in [2.45, 2.75) is 13.5 Å². The van der Waals surface area contributed by atoms with E-state index in [0.29, 0.717) is 12.2 Å². The Hall–Kier alpha value is -2.23. The molecule has 0 aromatic heterocycles. The number of phenolic OH excluding ortho intramolecular Hbond substituents is 2. The summed E-state index contributed by atoms with van der Waals surface area (Å²) >= 11 is 0. The van der Waals surface area contributed by atoms with Gasteiger partial charge < -0.3 is 15.5 Å². The van der Waals surface area contributed by atoms with Gasteiger partial charge in [0, 0.05) is 23.9 Å². The molecule has 4 heteroatoms. The van der Waals surface area contributed by atoms with Gasteiger partial charge in [0.05, 0.1) is 0 Å². The van der Waals surface area contributed by atoms with E-state index in [0.717, 1.165) is 11.1 Å². The van der Waals surface area contributed by atoms with Crippen LogP contribution in [-0.4, -0.2) is 10.2 Å². The Morgan fingerprint density at radius 1 is 1.06 bits per heavy atom. The fourth-order valence-electron chi connectivity index (χ4n) is 1.67. The SMILES string of the molecule is Cc1ccc(O)c(CNc2ccc(O)c(F)c2)c1. The van der Waals surface area contributed by atoms with E-state index in [2.05, 4.69) is 5.32 Å². The van der Waals surface area contributed by atoms with Gasteiger partial charge in [0.25, 0.3) is 0 Å². The zero-order valence-corrected chi connectivity index (χ0v) is 9.94. The average Bonchev–Trinajstić information content (AvgIpc) is 2.34. The van der Waals surface area contributed by atoms with E-state index in [9.17, 15) is 9.50 Å². The van der Waals surface area contributed by atoms with Crippen molar-refractivity contribution < 1.29 is 14.6 Å². The first-order valence-corrected chi connectivity index (χ1v) is 5.57. The van der Waals surface area contributed by atoms with Gasteiger partial charge in [-0.3, -0.25) is 0 Å². The Morgan fingerprint density at radius 3 is 2.50 bits per heavy atom. The van der Waals surface area contributed by atoms with Crippen molar-refractivity contribution in [1.29, 1.82) is 0 Å². The second kappa shape index (κ2) is 4.96. The smallest absolute Gasteiger partial charge is 0.166 e. The Labute approximate surface area is 105 Å². The van der Waals surface area contributed by atoms with Crippen molar-refractivity contribution >= 4 is 5.69 Å². The van der Waals surface area contributed by atoms with Crippen LogP contribution in [-0.2, 0) is 6.54 Å². The second-order valence-electron chi connectivity index (χ2n) is 4.15. The van der Waals surface area contributed by atoms with Crippen molar-refractivity contribution in [2.75, 3.05) is 5.32 Å². The molecule has 0 heterocycles. The summed E-state index contributed by atoms with van der Waals surface area (Å²) in [5.74, 6) is -0.847. The van der Waals surface area contributed by atoms with Crippen LogP contribution in [0.5, 0.6) is 11.5 Å². The third kappa shape index (κ3) is 2.71. The van der Waals surface area contributed by atoms with E-state index in [1.54, 1.807) is 12.1 Å². The van der Waals surface area contributed by atoms with Crippen LogP contribution >= 0.6 is 0 Å². The van der Waals surface area contributed by atoms with Gasteiger partial charge in [-0.2, -0.15) is 0 Å². The van der Waals surface area contributed by atoms with Crippen molar-refractivity contribution in [3.8, 4) is 11.5 Å². The number of anilines is 1. The van der Waals surface area contributed by atoms with Crippen LogP contribution in [0.4, 0.5) is 10.1 Å². The maximum atomic E-state index is 13.1. The molecular formula is C14H14FNO2. The van der Waals surface area contributed by atoms with Crippen LogP contribution in [0.15, 0.2) is 36.4 Å². The summed E-state index contributed by atoms with van der Waals surface area (Å²) in [7, 11) is 0. The van der Waals surface area contributed by atoms with Crippen LogP contribution in [0.3, 0.4) is 0 Å². The molecular weight excluding hydrogens is 233 g/mol. The predicted molar refractivity (Wildman–Crippen MR) is 68.2 cm³/mol. The Kier molecular flexibility index (Phi) is 3.37. The van der Waals surface area contributed by atoms with Crippen LogP contribution < -0.4 is 5.32 Å². The van der Waals surface area contributed by atoms with Crippen LogP contribution in [0.1, 0.15) is 11.1 Å². The van der Waals surface area contributed by atoms with Gasteiger partial charge in [-0.25, -0.2) is 4.39 Å². The molecule has 0 fully saturated rings. The molecule has 3 nitrogen and oxygen atoms in total. The molecule has 0 saturated heterocycles. The highest BCUT2D eigenvalue weighted by Gasteiger charge is 2.04. The molecule has 18 heavy (non-hydrogen) atoms. The summed E-state index contributed by atoms with van der Waals surface area (Å²) in [6.45, 7) is 2.32. The number of hydrogen-bond donors (Lipinski definition) is 3. The summed E-state index contributed by atoms with van der Waals surface area (Å²) in [6, 6.07) is 9.38. The van der Waals surface area contributed by atoms with Crippen molar-refractivity contribution in [1.82, 2.24) is 0 Å². The molecule has 0 saturated carbocycles. The fourth-order valence-corrected chi connectivity index (χ4v) is 1.67. The predicted octanol–water partition coefficient (Wildman–Crippen LogP) is 3.16. The number of phenols is 2. The van der Waals surface area contributed by atoms with Gasteiger partial charge in [0.1, 0.15) is 5.75 Å². The quantitative estimate of drug-likeness (QED) is 0.730. The second-order valence-corrected chi connectivity index (χ2v) is 4.15. The Morgan fingerprint density at radius 2 is 1.78 bits per heavy atom. The summed E-state index contributed by atoms with van der Waals surface area (Å²) in [4.78, 5) is 0. The maximum absolute atomic E-state index is 13.1. The zero-order chi connectivity index (χ0) is 13.1. The lowest BCUT2D eigenvalue weighted by atomic mass is 10.1. The molecule has 0 unspecified atom stereocenters. The number of benzene rings is 2. The standard InChI is InChI=1S/C14H14FNO2/c1-9-2-4-13(17)10(6-9)8-16-11-3-5-14(18)12(15)7-11/h2-7,16-18H,8H2,1H3. The van der Waals surface area contributed by atoms with Gasteiger partial charge >= 0.3 is 0 Å². The molecule has 2 aromatic carbocycles. The molecule has 0 aliphatic heterocycles. The fraction of sp³-hybridized carbons (Fsp3) is 0.143. The van der Waals surface area contributed by atoms with Gasteiger partial charge in [-0.15, -0.1) is 0 Å². The summed E-state index contributed by atoms with van der Waals surface area (Å²) in [5, 5.41) is 21.7. The lowest BCUT2D eigenvalue weighted by Gasteiger charge is -2.09. The van der Waals surface area contributed by atoms with E-state index in [-0.39, 0.29) is 11.5 Å². The lowest BCUT2D eigenvalue weighted by molar-refractivity contribution is 0.432. The number of rotatable bonds is 3. The topological polar surface area (TPSA) is 52.5 Å². The minimum Gasteiger partial charge on any atom is -0.508 e. The van der Waals surface area contributed by atoms with Gasteiger partial charge in [-0.05, 0) is 25.1 Å². The molecule has 94 valence electrons. The number of halogens is 1. The Bertz CT molecular complexity index is 570. The molecule has 3 N–H and O–H groups in total. The molecule has 2 rings (SSSR count). The first kappa shape index (κ1) is 12.2. The number of hydrogen-bond acceptors (Lipinski definition) is 3. The number of nitrogens with one attached hydrogen (secondary N) is 1. The average molecular weight is 247 g/mol. The lowest BCUT2D eigenvalue weighted by Crippen LogP contribution is -2.00. The zero-order valence-electron chi connectivity index (χ0n) is 9.94. The molecule has 0 aliphatic rings. The van der Waals surface area contributed by atoms with Crippen LogP contribution in [0, 0.1) is 12.7 Å². The van der Waals surface area contributed by atoms with Gasteiger partial charge in [0.15, 0.2) is 11.6 Å². The van der Waals surface area contributed by atoms with E-state index < -0.39 is 5.82 Å². The molecule has 0 bridgehead atoms. The van der Waals surface area contributed by atoms with Crippen molar-refractivity contribution in [2.24, 2.45) is 0 Å². The molecule has 0 radical (unpaired) electrons. The van der Waals surface area contributed by atoms with Crippen molar-refractivity contribution in [3.05, 3.63) is 53.3 Å². The molecule has 0 amide bonds. The highest BCUT2D eigenvalue weighted by Crippen LogP contribution is 2.22. The molecule has 2 aromatic rings. The number of aryl methyl sites for hydroxylation is 1. The third-order valence-corrected chi connectivity index (χ3v) is 2.67. The van der Waals surface area contributed by atoms with Crippen LogP contribution in [0.2, 0.25) is 0 Å². The largest absolute Gasteiger partial charge is 0.508 e. The van der Waals surface area contributed by atoms with E-state index in [1.165, 1.54) is 12.1 Å².